The maximum absolute atomic E-state index is 12.2. The second kappa shape index (κ2) is 18.4. The van der Waals surface area contributed by atoms with E-state index in [9.17, 15) is 9.59 Å². The first-order chi connectivity index (χ1) is 17.5. The Balaban J connectivity index is 0.000000733. The molecule has 2 aromatic carbocycles. The number of carbonyl (C=O) groups excluding carboxylic acids is 2. The number of benzene rings is 2. The highest BCUT2D eigenvalue weighted by Crippen LogP contribution is 2.20. The van der Waals surface area contributed by atoms with E-state index in [-0.39, 0.29) is 24.6 Å². The molecule has 0 aliphatic rings. The number of allylic oxidation sites excluding steroid dienone is 3. The lowest BCUT2D eigenvalue weighted by atomic mass is 10.1. The van der Waals surface area contributed by atoms with Crippen molar-refractivity contribution < 1.29 is 19.4 Å². The Bertz CT molecular complexity index is 1050. The normalized spacial score (nSPS) is 11.1. The van der Waals surface area contributed by atoms with Crippen LogP contribution in [0.3, 0.4) is 0 Å². The van der Waals surface area contributed by atoms with Gasteiger partial charge in [0.25, 0.3) is 0 Å². The van der Waals surface area contributed by atoms with Gasteiger partial charge in [0.1, 0.15) is 6.61 Å². The van der Waals surface area contributed by atoms with E-state index < -0.39 is 0 Å². The van der Waals surface area contributed by atoms with Gasteiger partial charge in [-0.15, -0.1) is 0 Å². The van der Waals surface area contributed by atoms with E-state index in [4.69, 9.17) is 33.0 Å². The van der Waals surface area contributed by atoms with E-state index in [2.05, 4.69) is 18.8 Å². The summed E-state index contributed by atoms with van der Waals surface area (Å²) in [5.74, 6) is -0.348. The molecule has 0 aromatic heterocycles. The molecule has 2 rings (SSSR count). The number of aliphatic hydroxyl groups is 1. The SMILES string of the molecule is C=C(C)/C=C(\C)c1cccc(Cl)c1.CCC(COC(C)=O)N(C)C(=O)NCc1cccc(C)c1Cl.CO. The molecule has 2 amide bonds. The number of esters is 1. The van der Waals surface area contributed by atoms with Gasteiger partial charge in [-0.25, -0.2) is 4.79 Å². The van der Waals surface area contributed by atoms with E-state index >= 15 is 0 Å². The molecule has 2 N–H and O–H groups in total. The third-order valence-electron chi connectivity index (χ3n) is 5.26. The second-order valence-corrected chi connectivity index (χ2v) is 9.18. The Morgan fingerprint density at radius 2 is 1.76 bits per heavy atom. The molecule has 8 heteroatoms. The summed E-state index contributed by atoms with van der Waals surface area (Å²) in [4.78, 5) is 24.6. The molecular weight excluding hydrogens is 511 g/mol. The Hall–Kier alpha value is -2.80. The van der Waals surface area contributed by atoms with Gasteiger partial charge in [0.2, 0.25) is 0 Å². The van der Waals surface area contributed by atoms with Gasteiger partial charge in [0.15, 0.2) is 0 Å². The molecular formula is C29H40Cl2N2O4. The third kappa shape index (κ3) is 13.4. The first-order valence-electron chi connectivity index (χ1n) is 11.9. The number of urea groups is 1. The van der Waals surface area contributed by atoms with Gasteiger partial charge in [-0.1, -0.05) is 78.7 Å². The van der Waals surface area contributed by atoms with Crippen molar-refractivity contribution >= 4 is 40.8 Å². The molecule has 37 heavy (non-hydrogen) atoms. The minimum absolute atomic E-state index is 0.156. The largest absolute Gasteiger partial charge is 0.464 e. The number of ether oxygens (including phenoxy) is 1. The first kappa shape index (κ1) is 34.2. The van der Waals surface area contributed by atoms with Crippen molar-refractivity contribution in [1.29, 1.82) is 0 Å². The summed E-state index contributed by atoms with van der Waals surface area (Å²) in [6.45, 7) is 13.6. The predicted molar refractivity (Wildman–Crippen MR) is 155 cm³/mol. The van der Waals surface area contributed by atoms with Crippen molar-refractivity contribution in [2.24, 2.45) is 0 Å². The molecule has 0 saturated carbocycles. The number of amides is 2. The van der Waals surface area contributed by atoms with Crippen LogP contribution in [0.4, 0.5) is 4.79 Å². The molecule has 0 heterocycles. The molecule has 2 aromatic rings. The summed E-state index contributed by atoms with van der Waals surface area (Å²) in [6, 6.07) is 13.1. The van der Waals surface area contributed by atoms with Gasteiger partial charge in [0.05, 0.1) is 6.04 Å². The Labute approximate surface area is 231 Å². The molecule has 6 nitrogen and oxygen atoms in total. The van der Waals surface area contributed by atoms with Crippen LogP contribution in [-0.2, 0) is 16.1 Å². The van der Waals surface area contributed by atoms with Gasteiger partial charge >= 0.3 is 12.0 Å². The molecule has 0 fully saturated rings. The zero-order valence-corrected chi connectivity index (χ0v) is 24.4. The van der Waals surface area contributed by atoms with E-state index in [0.29, 0.717) is 18.0 Å². The van der Waals surface area contributed by atoms with Crippen LogP contribution in [-0.4, -0.2) is 48.8 Å². The van der Waals surface area contributed by atoms with Crippen LogP contribution in [0.1, 0.15) is 50.8 Å². The number of nitrogens with zero attached hydrogens (tertiary/aromatic N) is 1. The maximum atomic E-state index is 12.2. The molecule has 1 atom stereocenters. The predicted octanol–water partition coefficient (Wildman–Crippen LogP) is 7.06. The molecule has 0 bridgehead atoms. The zero-order valence-electron chi connectivity index (χ0n) is 22.9. The lowest BCUT2D eigenvalue weighted by Crippen LogP contribution is -2.45. The van der Waals surface area contributed by atoms with Crippen LogP contribution >= 0.6 is 23.2 Å². The number of nitrogens with one attached hydrogen (secondary N) is 1. The molecule has 0 aliphatic heterocycles. The van der Waals surface area contributed by atoms with Crippen molar-refractivity contribution in [2.75, 3.05) is 20.8 Å². The highest BCUT2D eigenvalue weighted by atomic mass is 35.5. The summed E-state index contributed by atoms with van der Waals surface area (Å²) in [7, 11) is 2.69. The number of hydrogen-bond acceptors (Lipinski definition) is 4. The quantitative estimate of drug-likeness (QED) is 0.272. The standard InChI is InChI=1S/C16H23ClN2O3.C12H13Cl.CH4O/c1-5-14(10-22-12(3)20)19(4)16(21)18-9-13-8-6-7-11(2)15(13)17;1-9(2)7-10(3)11-5-4-6-12(13)8-11;1-2/h6-8,14H,5,9-10H2,1-4H3,(H,18,21);4-8H,1H2,2-3H3;2H,1H3/b;10-7+;. The minimum atomic E-state index is -0.348. The number of likely N-dealkylation sites (N-methyl/N-ethyl adjacent to an activating group) is 1. The fourth-order valence-electron chi connectivity index (χ4n) is 3.21. The Kier molecular flexibility index (Phi) is 17.0. The number of aliphatic hydroxyl groups excluding tert-OH is 1. The van der Waals surface area contributed by atoms with Crippen LogP contribution in [0, 0.1) is 6.92 Å². The number of rotatable bonds is 8. The fourth-order valence-corrected chi connectivity index (χ4v) is 3.59. The van der Waals surface area contributed by atoms with Crippen LogP contribution in [0.25, 0.3) is 5.57 Å². The topological polar surface area (TPSA) is 78.9 Å². The minimum Gasteiger partial charge on any atom is -0.464 e. The van der Waals surface area contributed by atoms with Crippen molar-refractivity contribution in [2.45, 2.75) is 53.6 Å². The van der Waals surface area contributed by atoms with Crippen LogP contribution in [0.2, 0.25) is 10.0 Å². The molecule has 1 unspecified atom stereocenters. The summed E-state index contributed by atoms with van der Waals surface area (Å²) in [5.41, 5.74) is 5.24. The van der Waals surface area contributed by atoms with Crippen molar-refractivity contribution in [3.8, 4) is 0 Å². The highest BCUT2D eigenvalue weighted by Gasteiger charge is 2.19. The van der Waals surface area contributed by atoms with E-state index in [1.165, 1.54) is 12.5 Å². The monoisotopic (exact) mass is 550 g/mol. The van der Waals surface area contributed by atoms with Crippen molar-refractivity contribution in [3.63, 3.8) is 0 Å². The van der Waals surface area contributed by atoms with Crippen molar-refractivity contribution in [3.05, 3.63) is 87.4 Å². The summed E-state index contributed by atoms with van der Waals surface area (Å²) >= 11 is 12.1. The summed E-state index contributed by atoms with van der Waals surface area (Å²) in [6.07, 6.45) is 2.74. The number of hydrogen-bond donors (Lipinski definition) is 2. The van der Waals surface area contributed by atoms with Gasteiger partial charge < -0.3 is 20.1 Å². The average Bonchev–Trinajstić information content (AvgIpc) is 2.86. The first-order valence-corrected chi connectivity index (χ1v) is 12.6. The smallest absolute Gasteiger partial charge is 0.317 e. The zero-order chi connectivity index (χ0) is 28.5. The molecule has 0 radical (unpaired) electrons. The number of aryl methyl sites for hydroxylation is 1. The van der Waals surface area contributed by atoms with Gasteiger partial charge in [-0.05, 0) is 61.6 Å². The number of carbonyl (C=O) groups is 2. The number of halogens is 2. The second-order valence-electron chi connectivity index (χ2n) is 8.37. The Morgan fingerprint density at radius 1 is 1.14 bits per heavy atom. The molecule has 0 saturated heterocycles. The maximum Gasteiger partial charge on any atom is 0.317 e. The van der Waals surface area contributed by atoms with Gasteiger partial charge in [-0.2, -0.15) is 0 Å². The summed E-state index contributed by atoms with van der Waals surface area (Å²) < 4.78 is 4.98. The summed E-state index contributed by atoms with van der Waals surface area (Å²) in [5, 5.41) is 11.3. The Morgan fingerprint density at radius 3 is 2.30 bits per heavy atom. The van der Waals surface area contributed by atoms with E-state index in [1.54, 1.807) is 11.9 Å². The molecule has 0 aliphatic carbocycles. The van der Waals surface area contributed by atoms with Gasteiger partial charge in [-0.3, -0.25) is 4.79 Å². The van der Waals surface area contributed by atoms with E-state index in [1.807, 2.05) is 69.3 Å². The third-order valence-corrected chi connectivity index (χ3v) is 6.04. The lowest BCUT2D eigenvalue weighted by molar-refractivity contribution is -0.142. The van der Waals surface area contributed by atoms with Gasteiger partial charge in [0, 0.05) is 37.7 Å². The fraction of sp³-hybridized carbons (Fsp3) is 0.379. The highest BCUT2D eigenvalue weighted by molar-refractivity contribution is 6.32. The van der Waals surface area contributed by atoms with Crippen LogP contribution < -0.4 is 5.32 Å². The van der Waals surface area contributed by atoms with Crippen LogP contribution in [0.15, 0.2) is 60.7 Å². The average molecular weight is 552 g/mol. The molecule has 204 valence electrons. The molecule has 0 spiro atoms. The lowest BCUT2D eigenvalue weighted by Gasteiger charge is -2.27. The van der Waals surface area contributed by atoms with E-state index in [0.717, 1.165) is 34.4 Å². The van der Waals surface area contributed by atoms with Crippen molar-refractivity contribution in [1.82, 2.24) is 10.2 Å². The van der Waals surface area contributed by atoms with Crippen LogP contribution in [0.5, 0.6) is 0 Å².